The third-order valence-electron chi connectivity index (χ3n) is 5.66. The van der Waals surface area contributed by atoms with Crippen LogP contribution in [0.2, 0.25) is 0 Å². The summed E-state index contributed by atoms with van der Waals surface area (Å²) in [6, 6.07) is 21.6. The summed E-state index contributed by atoms with van der Waals surface area (Å²) in [6.07, 6.45) is 0. The fourth-order valence-electron chi connectivity index (χ4n) is 4.06. The quantitative estimate of drug-likeness (QED) is 0.262. The van der Waals surface area contributed by atoms with Crippen LogP contribution >= 0.6 is 11.8 Å². The van der Waals surface area contributed by atoms with Gasteiger partial charge in [-0.05, 0) is 56.2 Å². The second-order valence-corrected chi connectivity index (χ2v) is 9.09. The zero-order valence-electron chi connectivity index (χ0n) is 18.8. The summed E-state index contributed by atoms with van der Waals surface area (Å²) in [6.45, 7) is 6.61. The first-order valence-electron chi connectivity index (χ1n) is 10.8. The Morgan fingerprint density at radius 3 is 2.36 bits per heavy atom. The molecule has 0 N–H and O–H groups in total. The van der Waals surface area contributed by atoms with Gasteiger partial charge in [0.25, 0.3) is 5.56 Å². The van der Waals surface area contributed by atoms with E-state index in [1.54, 1.807) is 16.3 Å². The smallest absolute Gasteiger partial charge is 0.267 e. The molecule has 33 heavy (non-hydrogen) atoms. The second kappa shape index (κ2) is 8.75. The zero-order chi connectivity index (χ0) is 22.9. The Morgan fingerprint density at radius 1 is 0.879 bits per heavy atom. The first kappa shape index (κ1) is 21.3. The van der Waals surface area contributed by atoms with E-state index in [-0.39, 0.29) is 5.56 Å². The third kappa shape index (κ3) is 3.89. The molecule has 0 aliphatic heterocycles. The highest BCUT2D eigenvalue weighted by Crippen LogP contribution is 2.25. The zero-order valence-corrected chi connectivity index (χ0v) is 19.6. The van der Waals surface area contributed by atoms with Gasteiger partial charge in [-0.2, -0.15) is 0 Å². The summed E-state index contributed by atoms with van der Waals surface area (Å²) in [5.41, 5.74) is 4.78. The van der Waals surface area contributed by atoms with E-state index in [9.17, 15) is 4.79 Å². The fraction of sp³-hybridized carbons (Fsp3) is 0.192. The third-order valence-corrected chi connectivity index (χ3v) is 6.56. The van der Waals surface area contributed by atoms with Crippen molar-refractivity contribution in [2.75, 3.05) is 12.4 Å². The van der Waals surface area contributed by atoms with Crippen LogP contribution in [0, 0.1) is 20.8 Å². The molecule has 2 heterocycles. The van der Waals surface area contributed by atoms with Crippen LogP contribution in [0.25, 0.3) is 22.4 Å². The van der Waals surface area contributed by atoms with Crippen LogP contribution in [0.5, 0.6) is 5.75 Å². The van der Waals surface area contributed by atoms with Crippen LogP contribution in [0.4, 0.5) is 0 Å². The van der Waals surface area contributed by atoms with Crippen LogP contribution in [0.15, 0.2) is 76.7 Å². The van der Waals surface area contributed by atoms with E-state index in [2.05, 4.69) is 17.1 Å². The van der Waals surface area contributed by atoms with Gasteiger partial charge in [0.05, 0.1) is 23.2 Å². The number of ether oxygens (including phenoxy) is 1. The van der Waals surface area contributed by atoms with E-state index >= 15 is 0 Å². The first-order chi connectivity index (χ1) is 16.0. The summed E-state index contributed by atoms with van der Waals surface area (Å²) in [7, 11) is 0. The van der Waals surface area contributed by atoms with Gasteiger partial charge in [0.1, 0.15) is 5.75 Å². The Kier molecular flexibility index (Phi) is 5.64. The van der Waals surface area contributed by atoms with Gasteiger partial charge in [0, 0.05) is 5.75 Å². The number of aromatic nitrogens is 4. The molecular weight excluding hydrogens is 432 g/mol. The molecule has 0 aliphatic carbocycles. The number of hydrogen-bond donors (Lipinski definition) is 0. The highest BCUT2D eigenvalue weighted by Gasteiger charge is 2.19. The van der Waals surface area contributed by atoms with Crippen LogP contribution in [-0.4, -0.2) is 31.5 Å². The number of nitrogens with zero attached hydrogens (tertiary/aromatic N) is 4. The predicted octanol–water partition coefficient (Wildman–Crippen LogP) is 5.13. The van der Waals surface area contributed by atoms with E-state index in [1.165, 1.54) is 5.56 Å². The SMILES string of the molecule is Cc1ccc(OCCSc2nnc3n(-c4c(C)cccc4C)c(=O)c4ccccc4n23)cc1. The summed E-state index contributed by atoms with van der Waals surface area (Å²) in [5.74, 6) is 2.06. The fourth-order valence-corrected chi connectivity index (χ4v) is 4.82. The van der Waals surface area contributed by atoms with Crippen molar-refractivity contribution in [3.05, 3.63) is 93.8 Å². The largest absolute Gasteiger partial charge is 0.493 e. The van der Waals surface area contributed by atoms with E-state index < -0.39 is 0 Å². The monoisotopic (exact) mass is 456 g/mol. The van der Waals surface area contributed by atoms with Gasteiger partial charge in [-0.15, -0.1) is 10.2 Å². The molecule has 0 saturated carbocycles. The minimum absolute atomic E-state index is 0.0952. The minimum Gasteiger partial charge on any atom is -0.493 e. The number of hydrogen-bond acceptors (Lipinski definition) is 5. The summed E-state index contributed by atoms with van der Waals surface area (Å²) >= 11 is 1.56. The van der Waals surface area contributed by atoms with Crippen LogP contribution in [0.1, 0.15) is 16.7 Å². The van der Waals surface area contributed by atoms with Gasteiger partial charge in [0.15, 0.2) is 5.16 Å². The van der Waals surface area contributed by atoms with E-state index in [0.717, 1.165) is 33.2 Å². The molecule has 0 radical (unpaired) electrons. The van der Waals surface area contributed by atoms with Crippen LogP contribution < -0.4 is 10.3 Å². The highest BCUT2D eigenvalue weighted by atomic mass is 32.2. The molecule has 7 heteroatoms. The van der Waals surface area contributed by atoms with Crippen LogP contribution in [-0.2, 0) is 0 Å². The number of para-hydroxylation sites is 2. The molecule has 0 atom stereocenters. The van der Waals surface area contributed by atoms with Gasteiger partial charge in [0.2, 0.25) is 5.78 Å². The number of benzene rings is 3. The molecule has 0 fully saturated rings. The summed E-state index contributed by atoms with van der Waals surface area (Å²) in [4.78, 5) is 13.6. The molecule has 166 valence electrons. The average molecular weight is 457 g/mol. The number of aryl methyl sites for hydroxylation is 3. The van der Waals surface area contributed by atoms with Crippen molar-refractivity contribution in [1.29, 1.82) is 0 Å². The van der Waals surface area contributed by atoms with Gasteiger partial charge in [-0.1, -0.05) is 59.8 Å². The molecule has 5 aromatic rings. The van der Waals surface area contributed by atoms with Gasteiger partial charge in [-0.25, -0.2) is 4.57 Å². The number of fused-ring (bicyclic) bond motifs is 3. The van der Waals surface area contributed by atoms with Crippen molar-refractivity contribution in [2.45, 2.75) is 25.9 Å². The minimum atomic E-state index is -0.0952. The highest BCUT2D eigenvalue weighted by molar-refractivity contribution is 7.99. The van der Waals surface area contributed by atoms with Gasteiger partial charge in [-0.3, -0.25) is 9.20 Å². The summed E-state index contributed by atoms with van der Waals surface area (Å²) < 4.78 is 9.53. The molecule has 0 amide bonds. The predicted molar refractivity (Wildman–Crippen MR) is 133 cm³/mol. The molecule has 0 unspecified atom stereocenters. The van der Waals surface area contributed by atoms with Crippen LogP contribution in [0.3, 0.4) is 0 Å². The molecule has 6 nitrogen and oxygen atoms in total. The molecule has 0 saturated heterocycles. The standard InChI is InChI=1S/C26H24N4O2S/c1-17-11-13-20(14-12-17)32-15-16-33-26-28-27-25-29(26)22-10-5-4-9-21(22)24(31)30(25)23-18(2)7-6-8-19(23)3/h4-14H,15-16H2,1-3H3. The van der Waals surface area contributed by atoms with Crippen molar-refractivity contribution in [3.8, 4) is 11.4 Å². The van der Waals surface area contributed by atoms with E-state index in [4.69, 9.17) is 4.74 Å². The van der Waals surface area contributed by atoms with Gasteiger partial charge >= 0.3 is 0 Å². The Morgan fingerprint density at radius 2 is 1.61 bits per heavy atom. The van der Waals surface area contributed by atoms with Crippen molar-refractivity contribution in [2.24, 2.45) is 0 Å². The Hall–Kier alpha value is -3.58. The van der Waals surface area contributed by atoms with E-state index in [0.29, 0.717) is 23.5 Å². The van der Waals surface area contributed by atoms with Crippen molar-refractivity contribution in [1.82, 2.24) is 19.2 Å². The lowest BCUT2D eigenvalue weighted by Gasteiger charge is -2.15. The Bertz CT molecular complexity index is 1500. The number of thioether (sulfide) groups is 1. The lowest BCUT2D eigenvalue weighted by atomic mass is 10.1. The molecule has 2 aromatic heterocycles. The molecule has 0 bridgehead atoms. The normalized spacial score (nSPS) is 11.4. The van der Waals surface area contributed by atoms with Crippen molar-refractivity contribution in [3.63, 3.8) is 0 Å². The van der Waals surface area contributed by atoms with Crippen molar-refractivity contribution < 1.29 is 4.74 Å². The maximum Gasteiger partial charge on any atom is 0.267 e. The topological polar surface area (TPSA) is 61.4 Å². The Balaban J connectivity index is 1.56. The number of rotatable bonds is 6. The molecular formula is C26H24N4O2S. The molecule has 0 aliphatic rings. The molecule has 0 spiro atoms. The van der Waals surface area contributed by atoms with E-state index in [1.807, 2.05) is 85.0 Å². The second-order valence-electron chi connectivity index (χ2n) is 8.03. The summed E-state index contributed by atoms with van der Waals surface area (Å²) in [5, 5.41) is 10.3. The maximum absolute atomic E-state index is 13.6. The molecule has 5 rings (SSSR count). The Labute approximate surface area is 195 Å². The van der Waals surface area contributed by atoms with Crippen molar-refractivity contribution >= 4 is 28.4 Å². The lowest BCUT2D eigenvalue weighted by Crippen LogP contribution is -2.23. The van der Waals surface area contributed by atoms with Gasteiger partial charge < -0.3 is 4.74 Å². The average Bonchev–Trinajstić information content (AvgIpc) is 3.23. The lowest BCUT2D eigenvalue weighted by molar-refractivity contribution is 0.344. The first-order valence-corrected chi connectivity index (χ1v) is 11.8. The maximum atomic E-state index is 13.6. The molecule has 3 aromatic carbocycles.